The van der Waals surface area contributed by atoms with Crippen molar-refractivity contribution < 1.29 is 0 Å². The first-order valence-electron chi connectivity index (χ1n) is 7.47. The van der Waals surface area contributed by atoms with Gasteiger partial charge in [-0.25, -0.2) is 9.97 Å². The molecule has 1 unspecified atom stereocenters. The number of aromatic nitrogens is 5. The smallest absolute Gasteiger partial charge is 0.157 e. The minimum atomic E-state index is 0.0139. The van der Waals surface area contributed by atoms with Crippen LogP contribution in [0.25, 0.3) is 11.3 Å². The summed E-state index contributed by atoms with van der Waals surface area (Å²) in [6.45, 7) is 2.08. The largest absolute Gasteiger partial charge is 0.360 e. The minimum Gasteiger partial charge on any atom is -0.360 e. The van der Waals surface area contributed by atoms with E-state index in [2.05, 4.69) is 44.0 Å². The number of para-hydroxylation sites is 1. The third-order valence-corrected chi connectivity index (χ3v) is 3.75. The van der Waals surface area contributed by atoms with Gasteiger partial charge in [-0.05, 0) is 25.1 Å². The number of imidazole rings is 1. The van der Waals surface area contributed by atoms with Crippen LogP contribution in [0.1, 0.15) is 18.8 Å². The van der Waals surface area contributed by atoms with Crippen molar-refractivity contribution in [2.75, 3.05) is 5.32 Å². The van der Waals surface area contributed by atoms with Gasteiger partial charge in [0.15, 0.2) is 5.65 Å². The fraction of sp³-hybridized carbons (Fsp3) is 0.118. The molecule has 3 heterocycles. The van der Waals surface area contributed by atoms with E-state index in [1.807, 2.05) is 42.7 Å². The lowest BCUT2D eigenvalue weighted by molar-refractivity contribution is 0.751. The molecule has 0 aliphatic carbocycles. The highest BCUT2D eigenvalue weighted by Gasteiger charge is 2.14. The summed E-state index contributed by atoms with van der Waals surface area (Å²) in [7, 11) is 0. The lowest BCUT2D eigenvalue weighted by Gasteiger charge is -2.17. The minimum absolute atomic E-state index is 0.0139. The number of hydrogen-bond acceptors (Lipinski definition) is 4. The van der Waals surface area contributed by atoms with Crippen LogP contribution in [-0.4, -0.2) is 24.1 Å². The Kier molecular flexibility index (Phi) is 3.27. The summed E-state index contributed by atoms with van der Waals surface area (Å²) in [5.74, 6) is 1.82. The Bertz CT molecular complexity index is 924. The van der Waals surface area contributed by atoms with E-state index in [-0.39, 0.29) is 6.04 Å². The van der Waals surface area contributed by atoms with E-state index in [0.717, 1.165) is 23.0 Å². The SMILES string of the molecule is CC(Nc1ccnc2ccnn12)c1nccn1-c1ccccc1. The molecule has 0 saturated carbocycles. The fourth-order valence-electron chi connectivity index (χ4n) is 2.67. The molecular formula is C17H16N6. The molecule has 1 atom stereocenters. The van der Waals surface area contributed by atoms with Crippen LogP contribution < -0.4 is 5.32 Å². The van der Waals surface area contributed by atoms with Crippen molar-refractivity contribution in [3.05, 3.63) is 73.1 Å². The summed E-state index contributed by atoms with van der Waals surface area (Å²) in [5.41, 5.74) is 1.90. The van der Waals surface area contributed by atoms with Crippen molar-refractivity contribution >= 4 is 11.5 Å². The highest BCUT2D eigenvalue weighted by Crippen LogP contribution is 2.20. The summed E-state index contributed by atoms with van der Waals surface area (Å²) in [6.07, 6.45) is 7.30. The molecule has 0 aliphatic rings. The molecule has 0 bridgehead atoms. The zero-order valence-corrected chi connectivity index (χ0v) is 12.7. The molecule has 1 N–H and O–H groups in total. The molecule has 6 nitrogen and oxygen atoms in total. The van der Waals surface area contributed by atoms with Gasteiger partial charge in [0.1, 0.15) is 11.6 Å². The van der Waals surface area contributed by atoms with Crippen molar-refractivity contribution in [2.45, 2.75) is 13.0 Å². The van der Waals surface area contributed by atoms with E-state index in [1.165, 1.54) is 0 Å². The second-order valence-corrected chi connectivity index (χ2v) is 5.29. The van der Waals surface area contributed by atoms with E-state index in [1.54, 1.807) is 16.9 Å². The maximum absolute atomic E-state index is 4.51. The average molecular weight is 304 g/mol. The molecule has 4 aromatic rings. The Labute approximate surface area is 133 Å². The third-order valence-electron chi connectivity index (χ3n) is 3.75. The number of hydrogen-bond donors (Lipinski definition) is 1. The zero-order valence-electron chi connectivity index (χ0n) is 12.7. The topological polar surface area (TPSA) is 60.0 Å². The van der Waals surface area contributed by atoms with E-state index in [9.17, 15) is 0 Å². The Morgan fingerprint density at radius 2 is 1.83 bits per heavy atom. The van der Waals surface area contributed by atoms with Crippen LogP contribution in [0.2, 0.25) is 0 Å². The van der Waals surface area contributed by atoms with Gasteiger partial charge in [0.2, 0.25) is 0 Å². The van der Waals surface area contributed by atoms with Crippen LogP contribution >= 0.6 is 0 Å². The monoisotopic (exact) mass is 304 g/mol. The van der Waals surface area contributed by atoms with Crippen LogP contribution in [0.15, 0.2) is 67.3 Å². The lowest BCUT2D eigenvalue weighted by Crippen LogP contribution is -2.15. The molecule has 0 spiro atoms. The number of fused-ring (bicyclic) bond motifs is 1. The lowest BCUT2D eigenvalue weighted by atomic mass is 10.2. The summed E-state index contributed by atoms with van der Waals surface area (Å²) in [4.78, 5) is 8.79. The highest BCUT2D eigenvalue weighted by atomic mass is 15.3. The Balaban J connectivity index is 1.67. The van der Waals surface area contributed by atoms with Gasteiger partial charge in [-0.1, -0.05) is 18.2 Å². The maximum atomic E-state index is 4.51. The van der Waals surface area contributed by atoms with Crippen molar-refractivity contribution in [3.63, 3.8) is 0 Å². The number of benzene rings is 1. The van der Waals surface area contributed by atoms with Crippen LogP contribution in [0.3, 0.4) is 0 Å². The van der Waals surface area contributed by atoms with Crippen LogP contribution in [-0.2, 0) is 0 Å². The standard InChI is InChI=1S/C17H16N6/c1-13(21-16-7-9-18-15-8-10-20-23(15)16)17-19-11-12-22(17)14-5-3-2-4-6-14/h2-13,21H,1H3. The quantitative estimate of drug-likeness (QED) is 0.629. The van der Waals surface area contributed by atoms with Gasteiger partial charge in [0, 0.05) is 30.3 Å². The highest BCUT2D eigenvalue weighted by molar-refractivity contribution is 5.47. The van der Waals surface area contributed by atoms with Gasteiger partial charge in [-0.3, -0.25) is 0 Å². The molecule has 0 saturated heterocycles. The second kappa shape index (κ2) is 5.57. The van der Waals surface area contributed by atoms with Gasteiger partial charge in [-0.15, -0.1) is 0 Å². The maximum Gasteiger partial charge on any atom is 0.157 e. The number of rotatable bonds is 4. The first kappa shape index (κ1) is 13.5. The number of nitrogens with one attached hydrogen (secondary N) is 1. The van der Waals surface area contributed by atoms with Crippen LogP contribution in [0, 0.1) is 0 Å². The molecule has 0 radical (unpaired) electrons. The molecule has 1 aromatic carbocycles. The third kappa shape index (κ3) is 2.44. The van der Waals surface area contributed by atoms with Crippen molar-refractivity contribution in [3.8, 4) is 5.69 Å². The van der Waals surface area contributed by atoms with E-state index in [4.69, 9.17) is 0 Å². The summed E-state index contributed by atoms with van der Waals surface area (Å²) in [6, 6.07) is 14.0. The predicted octanol–water partition coefficient (Wildman–Crippen LogP) is 3.09. The predicted molar refractivity (Wildman–Crippen MR) is 88.6 cm³/mol. The molecule has 0 fully saturated rings. The van der Waals surface area contributed by atoms with Gasteiger partial charge < -0.3 is 9.88 Å². The Morgan fingerprint density at radius 1 is 0.957 bits per heavy atom. The number of anilines is 1. The average Bonchev–Trinajstić information content (AvgIpc) is 3.25. The van der Waals surface area contributed by atoms with Gasteiger partial charge in [0.25, 0.3) is 0 Å². The summed E-state index contributed by atoms with van der Waals surface area (Å²) in [5, 5.41) is 7.76. The van der Waals surface area contributed by atoms with Crippen LogP contribution in [0.4, 0.5) is 5.82 Å². The van der Waals surface area contributed by atoms with Crippen LogP contribution in [0.5, 0.6) is 0 Å². The Morgan fingerprint density at radius 3 is 2.70 bits per heavy atom. The number of nitrogens with zero attached hydrogens (tertiary/aromatic N) is 5. The molecule has 23 heavy (non-hydrogen) atoms. The van der Waals surface area contributed by atoms with Gasteiger partial charge in [-0.2, -0.15) is 9.61 Å². The molecule has 114 valence electrons. The molecule has 4 rings (SSSR count). The summed E-state index contributed by atoms with van der Waals surface area (Å²) >= 11 is 0. The summed E-state index contributed by atoms with van der Waals surface area (Å²) < 4.78 is 3.87. The van der Waals surface area contributed by atoms with Gasteiger partial charge >= 0.3 is 0 Å². The fourth-order valence-corrected chi connectivity index (χ4v) is 2.67. The van der Waals surface area contributed by atoms with Crippen molar-refractivity contribution in [1.82, 2.24) is 24.1 Å². The van der Waals surface area contributed by atoms with E-state index < -0.39 is 0 Å². The van der Waals surface area contributed by atoms with Crippen molar-refractivity contribution in [1.29, 1.82) is 0 Å². The van der Waals surface area contributed by atoms with E-state index in [0.29, 0.717) is 0 Å². The Hall–Kier alpha value is -3.15. The molecule has 0 amide bonds. The molecular weight excluding hydrogens is 288 g/mol. The molecule has 0 aliphatic heterocycles. The normalized spacial score (nSPS) is 12.4. The second-order valence-electron chi connectivity index (χ2n) is 5.29. The zero-order chi connectivity index (χ0) is 15.6. The molecule has 6 heteroatoms. The first-order valence-corrected chi connectivity index (χ1v) is 7.47. The van der Waals surface area contributed by atoms with Gasteiger partial charge in [0.05, 0.1) is 12.2 Å². The van der Waals surface area contributed by atoms with Crippen molar-refractivity contribution in [2.24, 2.45) is 0 Å². The molecule has 3 aromatic heterocycles. The first-order chi connectivity index (χ1) is 11.3. The van der Waals surface area contributed by atoms with E-state index >= 15 is 0 Å².